The summed E-state index contributed by atoms with van der Waals surface area (Å²) >= 11 is 1.77. The molecule has 0 saturated carbocycles. The summed E-state index contributed by atoms with van der Waals surface area (Å²) < 4.78 is 19.0. The lowest BCUT2D eigenvalue weighted by molar-refractivity contribution is 0.102. The Kier molecular flexibility index (Phi) is 5.45. The Bertz CT molecular complexity index is 865. The summed E-state index contributed by atoms with van der Waals surface area (Å²) in [5, 5.41) is 10.1. The Hall–Kier alpha value is -2.67. The summed E-state index contributed by atoms with van der Waals surface area (Å²) in [7, 11) is 0. The minimum Gasteiger partial charge on any atom is -0.407 e. The SMILES string of the molecule is CCSc1ccc(Cc2nnc(NC(=O)c3ccccc3F)o2)cc1. The van der Waals surface area contributed by atoms with Gasteiger partial charge in [-0.1, -0.05) is 36.3 Å². The molecule has 0 aliphatic heterocycles. The van der Waals surface area contributed by atoms with Crippen LogP contribution in [0, 0.1) is 5.82 Å². The summed E-state index contributed by atoms with van der Waals surface area (Å²) in [5.74, 6) is 0.160. The first-order valence-electron chi connectivity index (χ1n) is 7.75. The molecular formula is C18H16FN3O2S. The number of anilines is 1. The van der Waals surface area contributed by atoms with Gasteiger partial charge < -0.3 is 4.42 Å². The molecule has 2 aromatic carbocycles. The molecule has 7 heteroatoms. The number of hydrogen-bond acceptors (Lipinski definition) is 5. The van der Waals surface area contributed by atoms with Crippen LogP contribution in [-0.4, -0.2) is 21.9 Å². The zero-order valence-corrected chi connectivity index (χ0v) is 14.3. The Morgan fingerprint density at radius 3 is 2.64 bits per heavy atom. The van der Waals surface area contributed by atoms with Crippen LogP contribution in [-0.2, 0) is 6.42 Å². The average Bonchev–Trinajstić information content (AvgIpc) is 3.04. The van der Waals surface area contributed by atoms with Crippen LogP contribution in [0.1, 0.15) is 28.7 Å². The number of halogens is 1. The second kappa shape index (κ2) is 7.94. The van der Waals surface area contributed by atoms with Crippen molar-refractivity contribution in [3.63, 3.8) is 0 Å². The Labute approximate surface area is 148 Å². The zero-order chi connectivity index (χ0) is 17.6. The fourth-order valence-electron chi connectivity index (χ4n) is 2.23. The number of hydrogen-bond donors (Lipinski definition) is 1. The van der Waals surface area contributed by atoms with E-state index in [-0.39, 0.29) is 11.6 Å². The van der Waals surface area contributed by atoms with Crippen LogP contribution < -0.4 is 5.32 Å². The molecule has 1 heterocycles. The van der Waals surface area contributed by atoms with Gasteiger partial charge in [0.1, 0.15) is 5.82 Å². The molecule has 1 aromatic heterocycles. The normalized spacial score (nSPS) is 10.6. The number of amides is 1. The highest BCUT2D eigenvalue weighted by Gasteiger charge is 2.14. The number of aromatic nitrogens is 2. The highest BCUT2D eigenvalue weighted by Crippen LogP contribution is 2.19. The van der Waals surface area contributed by atoms with Crippen molar-refractivity contribution in [2.45, 2.75) is 18.2 Å². The highest BCUT2D eigenvalue weighted by molar-refractivity contribution is 7.99. The first kappa shape index (κ1) is 17.2. The topological polar surface area (TPSA) is 68.0 Å². The summed E-state index contributed by atoms with van der Waals surface area (Å²) in [6, 6.07) is 13.7. The molecule has 1 N–H and O–H groups in total. The second-order valence-corrected chi connectivity index (χ2v) is 6.53. The van der Waals surface area contributed by atoms with Crippen LogP contribution in [0.25, 0.3) is 0 Å². The van der Waals surface area contributed by atoms with E-state index in [9.17, 15) is 9.18 Å². The first-order chi connectivity index (χ1) is 12.2. The zero-order valence-electron chi connectivity index (χ0n) is 13.5. The van der Waals surface area contributed by atoms with Crippen LogP contribution >= 0.6 is 11.8 Å². The van der Waals surface area contributed by atoms with Gasteiger partial charge >= 0.3 is 6.01 Å². The lowest BCUT2D eigenvalue weighted by Crippen LogP contribution is -2.13. The fourth-order valence-corrected chi connectivity index (χ4v) is 2.89. The van der Waals surface area contributed by atoms with Gasteiger partial charge in [0, 0.05) is 4.90 Å². The average molecular weight is 357 g/mol. The number of nitrogens with zero attached hydrogens (tertiary/aromatic N) is 2. The molecule has 0 atom stereocenters. The van der Waals surface area contributed by atoms with Gasteiger partial charge in [0.05, 0.1) is 12.0 Å². The van der Waals surface area contributed by atoms with Crippen LogP contribution in [0.15, 0.2) is 57.8 Å². The standard InChI is InChI=1S/C18H16FN3O2S/c1-2-25-13-9-7-12(8-10-13)11-16-21-22-18(24-16)20-17(23)14-5-3-4-6-15(14)19/h3-10H,2,11H2,1H3,(H,20,22,23). The highest BCUT2D eigenvalue weighted by atomic mass is 32.2. The number of thioether (sulfide) groups is 1. The molecule has 0 radical (unpaired) electrons. The third-order valence-electron chi connectivity index (χ3n) is 3.40. The summed E-state index contributed by atoms with van der Waals surface area (Å²) in [5.41, 5.74) is 0.947. The lowest BCUT2D eigenvalue weighted by Gasteiger charge is -2.02. The molecule has 0 aliphatic rings. The molecule has 0 saturated heterocycles. The van der Waals surface area contributed by atoms with Crippen molar-refractivity contribution in [1.29, 1.82) is 0 Å². The summed E-state index contributed by atoms with van der Waals surface area (Å²) in [6.07, 6.45) is 0.458. The summed E-state index contributed by atoms with van der Waals surface area (Å²) in [4.78, 5) is 13.2. The van der Waals surface area contributed by atoms with Crippen LogP contribution in [0.4, 0.5) is 10.4 Å². The Morgan fingerprint density at radius 1 is 1.16 bits per heavy atom. The predicted molar refractivity (Wildman–Crippen MR) is 94.3 cm³/mol. The molecule has 0 unspecified atom stereocenters. The predicted octanol–water partition coefficient (Wildman–Crippen LogP) is 4.16. The quantitative estimate of drug-likeness (QED) is 0.671. The number of carbonyl (C=O) groups is 1. The van der Waals surface area contributed by atoms with Gasteiger partial charge in [-0.25, -0.2) is 4.39 Å². The molecule has 128 valence electrons. The van der Waals surface area contributed by atoms with Crippen molar-refractivity contribution in [1.82, 2.24) is 10.2 Å². The summed E-state index contributed by atoms with van der Waals surface area (Å²) in [6.45, 7) is 2.11. The van der Waals surface area contributed by atoms with Crippen molar-refractivity contribution in [2.24, 2.45) is 0 Å². The molecule has 0 bridgehead atoms. The second-order valence-electron chi connectivity index (χ2n) is 5.19. The van der Waals surface area contributed by atoms with E-state index in [1.54, 1.807) is 17.8 Å². The third-order valence-corrected chi connectivity index (χ3v) is 4.29. The van der Waals surface area contributed by atoms with Gasteiger partial charge in [-0.2, -0.15) is 0 Å². The maximum atomic E-state index is 13.6. The van der Waals surface area contributed by atoms with Crippen LogP contribution in [0.3, 0.4) is 0 Å². The maximum absolute atomic E-state index is 13.6. The monoisotopic (exact) mass is 357 g/mol. The molecule has 5 nitrogen and oxygen atoms in total. The van der Waals surface area contributed by atoms with Gasteiger partial charge in [0.15, 0.2) is 0 Å². The van der Waals surface area contributed by atoms with E-state index in [0.29, 0.717) is 12.3 Å². The minimum atomic E-state index is -0.630. The molecule has 0 spiro atoms. The van der Waals surface area contributed by atoms with Crippen molar-refractivity contribution >= 4 is 23.7 Å². The van der Waals surface area contributed by atoms with Gasteiger partial charge in [-0.15, -0.1) is 16.9 Å². The van der Waals surface area contributed by atoms with E-state index in [2.05, 4.69) is 22.4 Å². The van der Waals surface area contributed by atoms with E-state index in [0.717, 1.165) is 11.3 Å². The number of nitrogens with one attached hydrogen (secondary N) is 1. The van der Waals surface area contributed by atoms with Gasteiger partial charge in [0.25, 0.3) is 5.91 Å². The molecule has 3 aromatic rings. The lowest BCUT2D eigenvalue weighted by atomic mass is 10.1. The van der Waals surface area contributed by atoms with Crippen molar-refractivity contribution in [3.05, 3.63) is 71.4 Å². The number of rotatable bonds is 6. The van der Waals surface area contributed by atoms with E-state index in [4.69, 9.17) is 4.42 Å². The van der Waals surface area contributed by atoms with Crippen molar-refractivity contribution in [3.8, 4) is 0 Å². The molecule has 3 rings (SSSR count). The molecule has 0 fully saturated rings. The Balaban J connectivity index is 1.64. The largest absolute Gasteiger partial charge is 0.407 e. The third kappa shape index (κ3) is 4.45. The smallest absolute Gasteiger partial charge is 0.322 e. The van der Waals surface area contributed by atoms with Crippen LogP contribution in [0.2, 0.25) is 0 Å². The molecule has 1 amide bonds. The van der Waals surface area contributed by atoms with Gasteiger partial charge in [-0.05, 0) is 35.6 Å². The number of carbonyl (C=O) groups excluding carboxylic acids is 1. The number of benzene rings is 2. The molecular weight excluding hydrogens is 341 g/mol. The minimum absolute atomic E-state index is 0.0542. The molecule has 0 aliphatic carbocycles. The van der Waals surface area contributed by atoms with Crippen molar-refractivity contribution in [2.75, 3.05) is 11.1 Å². The molecule has 25 heavy (non-hydrogen) atoms. The van der Waals surface area contributed by atoms with Gasteiger partial charge in [-0.3, -0.25) is 10.1 Å². The van der Waals surface area contributed by atoms with E-state index in [1.165, 1.54) is 23.1 Å². The van der Waals surface area contributed by atoms with E-state index < -0.39 is 11.7 Å². The first-order valence-corrected chi connectivity index (χ1v) is 8.74. The Morgan fingerprint density at radius 2 is 1.92 bits per heavy atom. The maximum Gasteiger partial charge on any atom is 0.322 e. The van der Waals surface area contributed by atoms with Crippen molar-refractivity contribution < 1.29 is 13.6 Å². The van der Waals surface area contributed by atoms with Crippen LogP contribution in [0.5, 0.6) is 0 Å². The van der Waals surface area contributed by atoms with Gasteiger partial charge in [0.2, 0.25) is 5.89 Å². The fraction of sp³-hybridized carbons (Fsp3) is 0.167. The van der Waals surface area contributed by atoms with E-state index >= 15 is 0 Å². The van der Waals surface area contributed by atoms with E-state index in [1.807, 2.05) is 24.3 Å².